The second-order valence-electron chi connectivity index (χ2n) is 7.90. The Morgan fingerprint density at radius 2 is 2.04 bits per heavy atom. The van der Waals surface area contributed by atoms with E-state index in [-0.39, 0.29) is 23.8 Å². The Balaban J connectivity index is 1.51. The molecule has 1 aliphatic heterocycles. The van der Waals surface area contributed by atoms with Gasteiger partial charge in [0, 0.05) is 45.7 Å². The number of carbonyl (C=O) groups is 2. The van der Waals surface area contributed by atoms with E-state index < -0.39 is 0 Å². The van der Waals surface area contributed by atoms with Crippen LogP contribution < -0.4 is 10.6 Å². The van der Waals surface area contributed by atoms with Gasteiger partial charge in [0.2, 0.25) is 11.8 Å². The third kappa shape index (κ3) is 4.48. The summed E-state index contributed by atoms with van der Waals surface area (Å²) < 4.78 is 0. The van der Waals surface area contributed by atoms with Gasteiger partial charge in [0.1, 0.15) is 0 Å². The average Bonchev–Trinajstić information content (AvgIpc) is 3.36. The number of guanidine groups is 1. The van der Waals surface area contributed by atoms with Crippen molar-refractivity contribution in [2.24, 2.45) is 10.4 Å². The minimum absolute atomic E-state index is 0.0692. The number of nitrogens with zero attached hydrogens (tertiary/aromatic N) is 3. The third-order valence-electron chi connectivity index (χ3n) is 5.81. The first-order chi connectivity index (χ1) is 13.4. The molecule has 0 bridgehead atoms. The molecule has 2 aliphatic rings. The van der Waals surface area contributed by atoms with Gasteiger partial charge in [-0.05, 0) is 36.3 Å². The van der Waals surface area contributed by atoms with Crippen LogP contribution in [0.1, 0.15) is 36.1 Å². The van der Waals surface area contributed by atoms with Gasteiger partial charge in [-0.15, -0.1) is 11.3 Å². The second kappa shape index (κ2) is 8.94. The zero-order chi connectivity index (χ0) is 20.1. The van der Waals surface area contributed by atoms with Gasteiger partial charge in [0.25, 0.3) is 0 Å². The number of aliphatic imine (C=N–C) groups is 1. The fourth-order valence-electron chi connectivity index (χ4n) is 4.20. The predicted octanol–water partition coefficient (Wildman–Crippen LogP) is 1.45. The highest BCUT2D eigenvalue weighted by Gasteiger charge is 2.42. The molecule has 0 radical (unpaired) electrons. The number of amides is 2. The van der Waals surface area contributed by atoms with Gasteiger partial charge in [0.05, 0.1) is 12.0 Å². The van der Waals surface area contributed by atoms with Crippen LogP contribution in [-0.2, 0) is 22.6 Å². The standard InChI is InChI=1S/C20H31N5O2S/c1-21-19(23-14-20(8-4-5-9-20)18(27)24(2)3)22-12-17(26)25-10-6-16-15(13-25)7-11-28-16/h7,11H,4-6,8-10,12-14H2,1-3H3,(H2,21,22,23). The van der Waals surface area contributed by atoms with Crippen LogP contribution in [0.4, 0.5) is 0 Å². The summed E-state index contributed by atoms with van der Waals surface area (Å²) in [6.07, 6.45) is 4.87. The molecule has 28 heavy (non-hydrogen) atoms. The van der Waals surface area contributed by atoms with Crippen LogP contribution >= 0.6 is 11.3 Å². The molecule has 1 fully saturated rings. The monoisotopic (exact) mass is 405 g/mol. The first-order valence-electron chi connectivity index (χ1n) is 9.94. The molecular weight excluding hydrogens is 374 g/mol. The molecule has 0 saturated heterocycles. The molecule has 7 nitrogen and oxygen atoms in total. The number of thiophene rings is 1. The molecule has 3 rings (SSSR count). The van der Waals surface area contributed by atoms with Crippen molar-refractivity contribution in [3.8, 4) is 0 Å². The summed E-state index contributed by atoms with van der Waals surface area (Å²) in [7, 11) is 5.31. The molecule has 2 heterocycles. The lowest BCUT2D eigenvalue weighted by Gasteiger charge is -2.31. The van der Waals surface area contributed by atoms with Gasteiger partial charge in [0.15, 0.2) is 5.96 Å². The topological polar surface area (TPSA) is 77.0 Å². The maximum absolute atomic E-state index is 12.7. The summed E-state index contributed by atoms with van der Waals surface area (Å²) in [6, 6.07) is 2.11. The summed E-state index contributed by atoms with van der Waals surface area (Å²) in [5, 5.41) is 8.49. The summed E-state index contributed by atoms with van der Waals surface area (Å²) in [5.74, 6) is 0.808. The highest BCUT2D eigenvalue weighted by molar-refractivity contribution is 7.10. The van der Waals surface area contributed by atoms with Crippen molar-refractivity contribution in [1.82, 2.24) is 20.4 Å². The zero-order valence-corrected chi connectivity index (χ0v) is 17.9. The van der Waals surface area contributed by atoms with Crippen LogP contribution in [0, 0.1) is 5.41 Å². The highest BCUT2D eigenvalue weighted by atomic mass is 32.1. The Bertz CT molecular complexity index is 737. The van der Waals surface area contributed by atoms with Gasteiger partial charge in [-0.3, -0.25) is 14.6 Å². The molecule has 0 aromatic carbocycles. The first-order valence-corrected chi connectivity index (χ1v) is 10.8. The predicted molar refractivity (Wildman–Crippen MR) is 112 cm³/mol. The minimum atomic E-state index is -0.368. The van der Waals surface area contributed by atoms with E-state index in [2.05, 4.69) is 27.1 Å². The fraction of sp³-hybridized carbons (Fsp3) is 0.650. The first kappa shape index (κ1) is 20.6. The zero-order valence-electron chi connectivity index (χ0n) is 17.1. The Morgan fingerprint density at radius 3 is 2.71 bits per heavy atom. The number of carbonyl (C=O) groups excluding carboxylic acids is 2. The highest BCUT2D eigenvalue weighted by Crippen LogP contribution is 2.38. The van der Waals surface area contributed by atoms with Gasteiger partial charge in [-0.2, -0.15) is 0 Å². The fourth-order valence-corrected chi connectivity index (χ4v) is 5.09. The molecule has 154 valence electrons. The maximum Gasteiger partial charge on any atom is 0.242 e. The number of nitrogens with one attached hydrogen (secondary N) is 2. The van der Waals surface area contributed by atoms with E-state index >= 15 is 0 Å². The average molecular weight is 406 g/mol. The lowest BCUT2D eigenvalue weighted by molar-refractivity contribution is -0.139. The molecule has 8 heteroatoms. The molecule has 2 N–H and O–H groups in total. The maximum atomic E-state index is 12.7. The lowest BCUT2D eigenvalue weighted by atomic mass is 9.84. The van der Waals surface area contributed by atoms with E-state index in [0.29, 0.717) is 19.0 Å². The SMILES string of the molecule is CN=C(NCC(=O)N1CCc2sccc2C1)NCC1(C(=O)N(C)C)CCCC1. The minimum Gasteiger partial charge on any atom is -0.355 e. The molecule has 2 amide bonds. The van der Waals surface area contributed by atoms with Crippen LogP contribution in [-0.4, -0.2) is 68.4 Å². The van der Waals surface area contributed by atoms with Gasteiger partial charge in [-0.25, -0.2) is 0 Å². The normalized spacial score (nSPS) is 18.5. The van der Waals surface area contributed by atoms with E-state index in [1.54, 1.807) is 23.3 Å². The van der Waals surface area contributed by atoms with Crippen molar-refractivity contribution < 1.29 is 9.59 Å². The van der Waals surface area contributed by atoms with Crippen molar-refractivity contribution in [1.29, 1.82) is 0 Å². The molecule has 0 spiro atoms. The van der Waals surface area contributed by atoms with Crippen LogP contribution in [0.3, 0.4) is 0 Å². The summed E-state index contributed by atoms with van der Waals surface area (Å²) in [4.78, 5) is 34.5. The van der Waals surface area contributed by atoms with Crippen LogP contribution in [0.25, 0.3) is 0 Å². The van der Waals surface area contributed by atoms with Crippen LogP contribution in [0.2, 0.25) is 0 Å². The Morgan fingerprint density at radius 1 is 1.29 bits per heavy atom. The molecule has 1 aromatic heterocycles. The third-order valence-corrected chi connectivity index (χ3v) is 6.83. The Labute approximate surface area is 171 Å². The molecule has 0 atom stereocenters. The van der Waals surface area contributed by atoms with Crippen molar-refractivity contribution >= 4 is 29.1 Å². The molecule has 1 saturated carbocycles. The number of hydrogen-bond donors (Lipinski definition) is 2. The lowest BCUT2D eigenvalue weighted by Crippen LogP contribution is -2.51. The largest absolute Gasteiger partial charge is 0.355 e. The van der Waals surface area contributed by atoms with Crippen molar-refractivity contribution in [2.45, 2.75) is 38.6 Å². The smallest absolute Gasteiger partial charge is 0.242 e. The van der Waals surface area contributed by atoms with Crippen LogP contribution in [0.15, 0.2) is 16.4 Å². The number of hydrogen-bond acceptors (Lipinski definition) is 4. The Hall–Kier alpha value is -2.09. The Kier molecular flexibility index (Phi) is 6.59. The molecule has 0 unspecified atom stereocenters. The summed E-state index contributed by atoms with van der Waals surface area (Å²) >= 11 is 1.77. The quantitative estimate of drug-likeness (QED) is 0.574. The van der Waals surface area contributed by atoms with Gasteiger partial charge < -0.3 is 20.4 Å². The molecular formula is C20H31N5O2S. The number of rotatable bonds is 5. The van der Waals surface area contributed by atoms with E-state index in [1.807, 2.05) is 19.0 Å². The van der Waals surface area contributed by atoms with E-state index in [9.17, 15) is 9.59 Å². The van der Waals surface area contributed by atoms with Gasteiger partial charge in [-0.1, -0.05) is 12.8 Å². The molecule has 1 aromatic rings. The van der Waals surface area contributed by atoms with Crippen molar-refractivity contribution in [3.05, 3.63) is 21.9 Å². The van der Waals surface area contributed by atoms with Crippen molar-refractivity contribution in [3.63, 3.8) is 0 Å². The van der Waals surface area contributed by atoms with Crippen LogP contribution in [0.5, 0.6) is 0 Å². The van der Waals surface area contributed by atoms with E-state index in [4.69, 9.17) is 0 Å². The van der Waals surface area contributed by atoms with E-state index in [1.165, 1.54) is 10.4 Å². The molecule has 1 aliphatic carbocycles. The van der Waals surface area contributed by atoms with Gasteiger partial charge >= 0.3 is 0 Å². The summed E-state index contributed by atoms with van der Waals surface area (Å²) in [5.41, 5.74) is 0.894. The van der Waals surface area contributed by atoms with E-state index in [0.717, 1.165) is 38.6 Å². The number of fused-ring (bicyclic) bond motifs is 1. The second-order valence-corrected chi connectivity index (χ2v) is 8.90. The summed E-state index contributed by atoms with van der Waals surface area (Å²) in [6.45, 7) is 2.19. The van der Waals surface area contributed by atoms with Crippen molar-refractivity contribution in [2.75, 3.05) is 40.8 Å².